The van der Waals surface area contributed by atoms with Crippen LogP contribution in [0, 0.1) is 12.7 Å². The maximum absolute atomic E-state index is 15.1. The minimum Gasteiger partial charge on any atom is -0.357 e. The Bertz CT molecular complexity index is 1600. The lowest BCUT2D eigenvalue weighted by Crippen LogP contribution is -2.53. The number of hydrogen-bond acceptors (Lipinski definition) is 4. The number of hydrogen-bond donors (Lipinski definition) is 1. The summed E-state index contributed by atoms with van der Waals surface area (Å²) in [6.07, 6.45) is 0.198. The van der Waals surface area contributed by atoms with Gasteiger partial charge >= 0.3 is 0 Å². The fraction of sp³-hybridized carbons (Fsp3) is 0.188. The van der Waals surface area contributed by atoms with Crippen molar-refractivity contribution in [2.75, 3.05) is 17.9 Å². The first-order chi connectivity index (χ1) is 19.7. The lowest BCUT2D eigenvalue weighted by atomic mass is 10.0. The van der Waals surface area contributed by atoms with Crippen LogP contribution in [0.1, 0.15) is 16.7 Å². The molecule has 4 aromatic rings. The van der Waals surface area contributed by atoms with Gasteiger partial charge in [-0.25, -0.2) is 12.8 Å². The SMILES string of the molecule is CNC(=O)[C@@H](Cc1ccccc1)N(Cc1ccccc1C)C(=O)CN(c1ccccc1F)S(=O)(=O)c1ccccc1. The van der Waals surface area contributed by atoms with E-state index in [-0.39, 0.29) is 23.5 Å². The highest BCUT2D eigenvalue weighted by atomic mass is 32.2. The highest BCUT2D eigenvalue weighted by molar-refractivity contribution is 7.92. The van der Waals surface area contributed by atoms with Crippen LogP contribution >= 0.6 is 0 Å². The second kappa shape index (κ2) is 13.2. The van der Waals surface area contributed by atoms with Gasteiger partial charge in [0.1, 0.15) is 18.4 Å². The van der Waals surface area contributed by atoms with E-state index in [0.717, 1.165) is 27.1 Å². The summed E-state index contributed by atoms with van der Waals surface area (Å²) in [5.74, 6) is -1.85. The van der Waals surface area contributed by atoms with Crippen molar-refractivity contribution in [3.8, 4) is 0 Å². The minimum atomic E-state index is -4.35. The molecule has 212 valence electrons. The molecule has 1 atom stereocenters. The molecule has 1 N–H and O–H groups in total. The number of para-hydroxylation sites is 1. The molecule has 7 nitrogen and oxygen atoms in total. The third kappa shape index (κ3) is 6.99. The summed E-state index contributed by atoms with van der Waals surface area (Å²) < 4.78 is 43.5. The molecule has 0 fully saturated rings. The molecular formula is C32H32FN3O4S. The molecule has 0 aromatic heterocycles. The normalized spacial score (nSPS) is 11.9. The molecule has 0 saturated heterocycles. The average Bonchev–Trinajstić information content (AvgIpc) is 2.99. The van der Waals surface area contributed by atoms with E-state index in [9.17, 15) is 18.0 Å². The van der Waals surface area contributed by atoms with Crippen LogP contribution in [0.3, 0.4) is 0 Å². The molecule has 2 amide bonds. The van der Waals surface area contributed by atoms with Gasteiger partial charge in [-0.05, 0) is 47.9 Å². The number of anilines is 1. The average molecular weight is 574 g/mol. The quantitative estimate of drug-likeness (QED) is 0.282. The smallest absolute Gasteiger partial charge is 0.264 e. The van der Waals surface area contributed by atoms with Crippen LogP contribution in [0.15, 0.2) is 114 Å². The Labute approximate surface area is 240 Å². The number of aryl methyl sites for hydroxylation is 1. The number of carbonyl (C=O) groups excluding carboxylic acids is 2. The summed E-state index contributed by atoms with van der Waals surface area (Å²) in [5.41, 5.74) is 2.27. The molecule has 0 aliphatic carbocycles. The number of nitrogens with one attached hydrogen (secondary N) is 1. The Balaban J connectivity index is 1.80. The zero-order chi connectivity index (χ0) is 29.4. The van der Waals surface area contributed by atoms with Gasteiger partial charge in [-0.15, -0.1) is 0 Å². The van der Waals surface area contributed by atoms with Gasteiger partial charge in [0.25, 0.3) is 10.0 Å². The Kier molecular flexibility index (Phi) is 9.52. The first-order valence-electron chi connectivity index (χ1n) is 13.1. The number of nitrogens with zero attached hydrogens (tertiary/aromatic N) is 2. The second-order valence-electron chi connectivity index (χ2n) is 9.54. The fourth-order valence-corrected chi connectivity index (χ4v) is 6.02. The van der Waals surface area contributed by atoms with Gasteiger partial charge in [-0.3, -0.25) is 13.9 Å². The molecule has 4 aromatic carbocycles. The van der Waals surface area contributed by atoms with E-state index in [2.05, 4.69) is 5.32 Å². The fourth-order valence-electron chi connectivity index (χ4n) is 4.58. The van der Waals surface area contributed by atoms with Gasteiger partial charge in [-0.2, -0.15) is 0 Å². The summed E-state index contributed by atoms with van der Waals surface area (Å²) in [6, 6.07) is 28.7. The number of carbonyl (C=O) groups is 2. The molecule has 4 rings (SSSR count). The zero-order valence-corrected chi connectivity index (χ0v) is 23.7. The lowest BCUT2D eigenvalue weighted by molar-refractivity contribution is -0.139. The number of sulfonamides is 1. The molecule has 41 heavy (non-hydrogen) atoms. The molecule has 0 bridgehead atoms. The van der Waals surface area contributed by atoms with Crippen LogP contribution in [0.4, 0.5) is 10.1 Å². The van der Waals surface area contributed by atoms with Gasteiger partial charge in [0.05, 0.1) is 10.6 Å². The van der Waals surface area contributed by atoms with Crippen molar-refractivity contribution < 1.29 is 22.4 Å². The molecule has 0 aliphatic heterocycles. The molecule has 0 radical (unpaired) electrons. The Hall–Kier alpha value is -4.50. The Morgan fingerprint density at radius 2 is 1.41 bits per heavy atom. The minimum absolute atomic E-state index is 0.0485. The second-order valence-corrected chi connectivity index (χ2v) is 11.4. The lowest BCUT2D eigenvalue weighted by Gasteiger charge is -2.34. The van der Waals surface area contributed by atoms with E-state index in [1.807, 2.05) is 61.5 Å². The molecule has 0 saturated carbocycles. The first-order valence-corrected chi connectivity index (χ1v) is 14.6. The van der Waals surface area contributed by atoms with Crippen LogP contribution in [0.2, 0.25) is 0 Å². The summed E-state index contributed by atoms with van der Waals surface area (Å²) in [4.78, 5) is 28.8. The summed E-state index contributed by atoms with van der Waals surface area (Å²) in [6.45, 7) is 1.23. The molecule has 0 heterocycles. The number of rotatable bonds is 11. The van der Waals surface area contributed by atoms with E-state index < -0.39 is 40.2 Å². The summed E-state index contributed by atoms with van der Waals surface area (Å²) >= 11 is 0. The van der Waals surface area contributed by atoms with Crippen molar-refractivity contribution in [2.24, 2.45) is 0 Å². The standard InChI is InChI=1S/C32H32FN3O4S/c1-24-13-9-10-16-26(24)22-35(30(32(38)34-2)21-25-14-5-3-6-15-25)31(37)23-36(29-20-12-11-19-28(29)33)41(39,40)27-17-7-4-8-18-27/h3-20,30H,21-23H2,1-2H3,(H,34,38)/t30-/m1/s1. The van der Waals surface area contributed by atoms with Crippen molar-refractivity contribution in [1.82, 2.24) is 10.2 Å². The van der Waals surface area contributed by atoms with Gasteiger partial charge in [-0.1, -0.05) is 84.9 Å². The number of halogens is 1. The van der Waals surface area contributed by atoms with E-state index >= 15 is 4.39 Å². The molecule has 0 unspecified atom stereocenters. The maximum Gasteiger partial charge on any atom is 0.264 e. The molecular weight excluding hydrogens is 541 g/mol. The van der Waals surface area contributed by atoms with E-state index in [1.54, 1.807) is 18.2 Å². The van der Waals surface area contributed by atoms with Crippen molar-refractivity contribution in [3.05, 3.63) is 132 Å². The number of benzene rings is 4. The highest BCUT2D eigenvalue weighted by Gasteiger charge is 2.35. The van der Waals surface area contributed by atoms with Crippen molar-refractivity contribution in [1.29, 1.82) is 0 Å². The summed E-state index contributed by atoms with van der Waals surface area (Å²) in [7, 11) is -2.86. The monoisotopic (exact) mass is 573 g/mol. The van der Waals surface area contributed by atoms with Crippen LogP contribution in [-0.4, -0.2) is 44.8 Å². The predicted octanol–water partition coefficient (Wildman–Crippen LogP) is 4.72. The van der Waals surface area contributed by atoms with E-state index in [4.69, 9.17) is 0 Å². The Morgan fingerprint density at radius 3 is 2.05 bits per heavy atom. The molecule has 0 spiro atoms. The van der Waals surface area contributed by atoms with E-state index in [1.165, 1.54) is 42.3 Å². The van der Waals surface area contributed by atoms with Crippen LogP contribution in [0.5, 0.6) is 0 Å². The number of amides is 2. The predicted molar refractivity (Wildman–Crippen MR) is 157 cm³/mol. The number of likely N-dealkylation sites (N-methyl/N-ethyl adjacent to an activating group) is 1. The van der Waals surface area contributed by atoms with Crippen molar-refractivity contribution in [3.63, 3.8) is 0 Å². The summed E-state index contributed by atoms with van der Waals surface area (Å²) in [5, 5.41) is 2.65. The van der Waals surface area contributed by atoms with Crippen molar-refractivity contribution >= 4 is 27.5 Å². The molecule has 0 aliphatic rings. The maximum atomic E-state index is 15.1. The third-order valence-electron chi connectivity index (χ3n) is 6.85. The topological polar surface area (TPSA) is 86.8 Å². The van der Waals surface area contributed by atoms with Crippen LogP contribution in [-0.2, 0) is 32.6 Å². The van der Waals surface area contributed by atoms with Gasteiger partial charge in [0.2, 0.25) is 11.8 Å². The highest BCUT2D eigenvalue weighted by Crippen LogP contribution is 2.27. The van der Waals surface area contributed by atoms with Gasteiger partial charge < -0.3 is 10.2 Å². The first kappa shape index (κ1) is 29.5. The largest absolute Gasteiger partial charge is 0.357 e. The third-order valence-corrected chi connectivity index (χ3v) is 8.62. The Morgan fingerprint density at radius 1 is 0.829 bits per heavy atom. The van der Waals surface area contributed by atoms with Gasteiger partial charge in [0, 0.05) is 20.0 Å². The van der Waals surface area contributed by atoms with Crippen LogP contribution < -0.4 is 9.62 Å². The zero-order valence-electron chi connectivity index (χ0n) is 22.9. The molecule has 9 heteroatoms. The van der Waals surface area contributed by atoms with Gasteiger partial charge in [0.15, 0.2) is 0 Å². The van der Waals surface area contributed by atoms with Crippen LogP contribution in [0.25, 0.3) is 0 Å². The van der Waals surface area contributed by atoms with E-state index in [0.29, 0.717) is 0 Å². The van der Waals surface area contributed by atoms with Crippen molar-refractivity contribution in [2.45, 2.75) is 30.8 Å².